The van der Waals surface area contributed by atoms with Gasteiger partial charge >= 0.3 is 0 Å². The quantitative estimate of drug-likeness (QED) is 0.325. The van der Waals surface area contributed by atoms with Crippen molar-refractivity contribution >= 4 is 29.0 Å². The molecule has 0 atom stereocenters. The normalized spacial score (nSPS) is 10.7. The number of nitrogens with two attached hydrogens (primary N) is 1. The number of ether oxygens (including phenoxy) is 1. The summed E-state index contributed by atoms with van der Waals surface area (Å²) in [6, 6.07) is 15.2. The van der Waals surface area contributed by atoms with Gasteiger partial charge in [-0.05, 0) is 54.8 Å². The topological polar surface area (TPSA) is 71.9 Å². The van der Waals surface area contributed by atoms with Gasteiger partial charge in [-0.15, -0.1) is 0 Å². The lowest BCUT2D eigenvalue weighted by atomic mass is 9.93. The highest BCUT2D eigenvalue weighted by Gasteiger charge is 2.19. The maximum Gasteiger partial charge on any atom is 0.142 e. The van der Waals surface area contributed by atoms with Crippen LogP contribution in [0.3, 0.4) is 0 Å². The molecule has 3 aromatic rings. The van der Waals surface area contributed by atoms with Crippen molar-refractivity contribution in [3.05, 3.63) is 63.6 Å². The number of hydrogen-bond donors (Lipinski definition) is 1. The third kappa shape index (κ3) is 5.54. The minimum atomic E-state index is 0.168. The van der Waals surface area contributed by atoms with Crippen molar-refractivity contribution in [1.29, 1.82) is 5.26 Å². The first-order chi connectivity index (χ1) is 15.5. The van der Waals surface area contributed by atoms with E-state index >= 15 is 0 Å². The number of anilines is 1. The fourth-order valence-electron chi connectivity index (χ4n) is 3.73. The van der Waals surface area contributed by atoms with Crippen LogP contribution in [0, 0.1) is 18.3 Å². The third-order valence-electron chi connectivity index (χ3n) is 5.43. The van der Waals surface area contributed by atoms with Crippen LogP contribution in [0.1, 0.15) is 50.2 Å². The van der Waals surface area contributed by atoms with E-state index in [0.717, 1.165) is 28.9 Å². The molecule has 4 nitrogen and oxygen atoms in total. The van der Waals surface area contributed by atoms with Crippen LogP contribution in [0.25, 0.3) is 22.4 Å². The summed E-state index contributed by atoms with van der Waals surface area (Å²) in [5.74, 6) is 0.977. The van der Waals surface area contributed by atoms with Crippen LogP contribution in [0.2, 0.25) is 10.0 Å². The number of nitrogens with zero attached hydrogens (tertiary/aromatic N) is 2. The molecule has 0 saturated heterocycles. The maximum absolute atomic E-state index is 9.76. The van der Waals surface area contributed by atoms with Crippen LogP contribution < -0.4 is 10.5 Å². The predicted octanol–water partition coefficient (Wildman–Crippen LogP) is 7.83. The summed E-state index contributed by atoms with van der Waals surface area (Å²) in [6.07, 6.45) is 5.98. The van der Waals surface area contributed by atoms with Crippen LogP contribution >= 0.6 is 23.2 Å². The van der Waals surface area contributed by atoms with Crippen LogP contribution in [0.15, 0.2) is 42.5 Å². The first-order valence-electron chi connectivity index (χ1n) is 10.8. The second-order valence-corrected chi connectivity index (χ2v) is 8.59. The molecule has 6 heteroatoms. The highest BCUT2D eigenvalue weighted by Crippen LogP contribution is 2.39. The van der Waals surface area contributed by atoms with Crippen LogP contribution in [-0.2, 0) is 0 Å². The van der Waals surface area contributed by atoms with Gasteiger partial charge < -0.3 is 10.5 Å². The van der Waals surface area contributed by atoms with Crippen molar-refractivity contribution in [3.8, 4) is 34.2 Å². The monoisotopic (exact) mass is 467 g/mol. The Hall–Kier alpha value is -2.74. The van der Waals surface area contributed by atoms with Gasteiger partial charge in [-0.3, -0.25) is 0 Å². The van der Waals surface area contributed by atoms with E-state index in [-0.39, 0.29) is 5.82 Å². The fraction of sp³-hybridized carbons (Fsp3) is 0.308. The minimum absolute atomic E-state index is 0.168. The van der Waals surface area contributed by atoms with Gasteiger partial charge in [0.1, 0.15) is 23.2 Å². The molecule has 0 aliphatic heterocycles. The average Bonchev–Trinajstić information content (AvgIpc) is 2.78. The van der Waals surface area contributed by atoms with Crippen molar-refractivity contribution in [2.24, 2.45) is 0 Å². The maximum atomic E-state index is 9.76. The van der Waals surface area contributed by atoms with E-state index in [1.54, 1.807) is 12.1 Å². The number of halogens is 2. The van der Waals surface area contributed by atoms with Gasteiger partial charge in [0.2, 0.25) is 0 Å². The van der Waals surface area contributed by atoms with Crippen LogP contribution in [0.5, 0.6) is 5.75 Å². The van der Waals surface area contributed by atoms with Crippen LogP contribution in [0.4, 0.5) is 5.82 Å². The molecule has 166 valence electrons. The lowest BCUT2D eigenvalue weighted by Gasteiger charge is -2.16. The van der Waals surface area contributed by atoms with E-state index in [0.29, 0.717) is 33.5 Å². The summed E-state index contributed by atoms with van der Waals surface area (Å²) in [4.78, 5) is 4.48. The van der Waals surface area contributed by atoms with E-state index < -0.39 is 0 Å². The Morgan fingerprint density at radius 2 is 1.75 bits per heavy atom. The van der Waals surface area contributed by atoms with Gasteiger partial charge in [-0.25, -0.2) is 4.98 Å². The largest absolute Gasteiger partial charge is 0.494 e. The smallest absolute Gasteiger partial charge is 0.142 e. The second kappa shape index (κ2) is 11.2. The van der Waals surface area contributed by atoms with E-state index in [9.17, 15) is 5.26 Å². The van der Waals surface area contributed by atoms with E-state index in [4.69, 9.17) is 33.7 Å². The number of nitriles is 1. The Balaban J connectivity index is 1.90. The van der Waals surface area contributed by atoms with Crippen molar-refractivity contribution in [2.45, 2.75) is 46.0 Å². The second-order valence-electron chi connectivity index (χ2n) is 7.74. The molecule has 3 rings (SSSR count). The number of benzene rings is 2. The van der Waals surface area contributed by atoms with E-state index in [1.807, 2.05) is 37.3 Å². The van der Waals surface area contributed by atoms with Gasteiger partial charge in [0, 0.05) is 16.1 Å². The van der Waals surface area contributed by atoms with Gasteiger partial charge in [0.25, 0.3) is 0 Å². The number of aromatic nitrogens is 1. The Labute approximate surface area is 200 Å². The van der Waals surface area contributed by atoms with E-state index in [1.165, 1.54) is 25.7 Å². The van der Waals surface area contributed by atoms with Crippen molar-refractivity contribution in [2.75, 3.05) is 12.3 Å². The Morgan fingerprint density at radius 1 is 1.03 bits per heavy atom. The molecule has 0 aliphatic rings. The molecule has 1 heterocycles. The summed E-state index contributed by atoms with van der Waals surface area (Å²) in [5, 5.41) is 10.8. The number of hydrogen-bond acceptors (Lipinski definition) is 4. The molecule has 0 saturated carbocycles. The highest BCUT2D eigenvalue weighted by molar-refractivity contribution is 6.36. The Bertz CT molecular complexity index is 1120. The predicted molar refractivity (Wildman–Crippen MR) is 133 cm³/mol. The average molecular weight is 468 g/mol. The first-order valence-corrected chi connectivity index (χ1v) is 11.6. The van der Waals surface area contributed by atoms with Crippen molar-refractivity contribution in [1.82, 2.24) is 4.98 Å². The minimum Gasteiger partial charge on any atom is -0.494 e. The molecule has 0 bridgehead atoms. The molecule has 0 spiro atoms. The first kappa shape index (κ1) is 23.9. The number of pyridine rings is 1. The zero-order chi connectivity index (χ0) is 23.1. The van der Waals surface area contributed by atoms with E-state index in [2.05, 4.69) is 18.0 Å². The van der Waals surface area contributed by atoms with Gasteiger partial charge in [0.15, 0.2) is 0 Å². The molecule has 2 aromatic carbocycles. The van der Waals surface area contributed by atoms with Crippen LogP contribution in [-0.4, -0.2) is 11.6 Å². The standard InChI is InChI=1S/C26H27Cl2N3O/c1-3-4-5-6-7-14-32-20-11-8-18(9-12-20)24-17(2)25(31-26(30)22(24)16-29)21-13-10-19(27)15-23(21)28/h8-13,15H,3-7,14H2,1-2H3,(H2,30,31). The fourth-order valence-corrected chi connectivity index (χ4v) is 4.22. The van der Waals surface area contributed by atoms with Gasteiger partial charge in [-0.1, -0.05) is 67.9 Å². The SMILES string of the molecule is CCCCCCCOc1ccc(-c2c(C)c(-c3ccc(Cl)cc3Cl)nc(N)c2C#N)cc1. The molecule has 0 fully saturated rings. The molecule has 32 heavy (non-hydrogen) atoms. The van der Waals surface area contributed by atoms with Gasteiger partial charge in [-0.2, -0.15) is 5.26 Å². The zero-order valence-corrected chi connectivity index (χ0v) is 19.9. The molecule has 0 aliphatic carbocycles. The molecule has 2 N–H and O–H groups in total. The summed E-state index contributed by atoms with van der Waals surface area (Å²) < 4.78 is 5.88. The summed E-state index contributed by atoms with van der Waals surface area (Å²) in [7, 11) is 0. The van der Waals surface area contributed by atoms with Gasteiger partial charge in [0.05, 0.1) is 17.3 Å². The lowest BCUT2D eigenvalue weighted by molar-refractivity contribution is 0.304. The van der Waals surface area contributed by atoms with Crippen molar-refractivity contribution in [3.63, 3.8) is 0 Å². The number of nitrogen functional groups attached to an aromatic ring is 1. The summed E-state index contributed by atoms with van der Waals surface area (Å²) >= 11 is 12.5. The molecular formula is C26H27Cl2N3O. The summed E-state index contributed by atoms with van der Waals surface area (Å²) in [5.41, 5.74) is 10.3. The number of rotatable bonds is 9. The lowest BCUT2D eigenvalue weighted by Crippen LogP contribution is -2.03. The molecule has 0 amide bonds. The summed E-state index contributed by atoms with van der Waals surface area (Å²) in [6.45, 7) is 4.83. The molecular weight excluding hydrogens is 441 g/mol. The third-order valence-corrected chi connectivity index (χ3v) is 5.97. The zero-order valence-electron chi connectivity index (χ0n) is 18.4. The molecule has 0 unspecified atom stereocenters. The van der Waals surface area contributed by atoms with Crippen molar-refractivity contribution < 1.29 is 4.74 Å². The highest BCUT2D eigenvalue weighted by atomic mass is 35.5. The number of unbranched alkanes of at least 4 members (excludes halogenated alkanes) is 4. The molecule has 1 aromatic heterocycles. The Kier molecular flexibility index (Phi) is 8.39. The molecule has 0 radical (unpaired) electrons. The Morgan fingerprint density at radius 3 is 2.41 bits per heavy atom.